The molecule has 1 atom stereocenters. The number of rotatable bonds is 10. The summed E-state index contributed by atoms with van der Waals surface area (Å²) in [5.41, 5.74) is 6.67. The van der Waals surface area contributed by atoms with E-state index in [2.05, 4.69) is 10.5 Å². The first-order valence-corrected chi connectivity index (χ1v) is 11.0. The largest absolute Gasteiger partial charge is 0.494 e. The fourth-order valence-corrected chi connectivity index (χ4v) is 3.66. The van der Waals surface area contributed by atoms with E-state index in [-0.39, 0.29) is 24.4 Å². The van der Waals surface area contributed by atoms with E-state index in [1.54, 1.807) is 42.6 Å². The molecule has 0 bridgehead atoms. The highest BCUT2D eigenvalue weighted by Crippen LogP contribution is 2.23. The van der Waals surface area contributed by atoms with Crippen LogP contribution in [0.4, 0.5) is 5.69 Å². The lowest BCUT2D eigenvalue weighted by Crippen LogP contribution is -2.18. The Morgan fingerprint density at radius 3 is 2.50 bits per heavy atom. The van der Waals surface area contributed by atoms with Gasteiger partial charge in [0.25, 0.3) is 5.69 Å². The number of non-ortho nitro benzene ring substituents is 1. The number of aliphatic hydroxyl groups is 1. The molecule has 0 unspecified atom stereocenters. The Balaban J connectivity index is 1.56. The van der Waals surface area contributed by atoms with Gasteiger partial charge in [0.1, 0.15) is 5.75 Å². The van der Waals surface area contributed by atoms with Crippen LogP contribution in [0, 0.1) is 24.0 Å². The molecule has 0 saturated heterocycles. The maximum atomic E-state index is 12.2. The van der Waals surface area contributed by atoms with E-state index in [1.165, 1.54) is 12.1 Å². The summed E-state index contributed by atoms with van der Waals surface area (Å²) in [6, 6.07) is 15.4. The van der Waals surface area contributed by atoms with Gasteiger partial charge in [-0.3, -0.25) is 14.9 Å². The second-order valence-electron chi connectivity index (χ2n) is 7.79. The number of hydrogen-bond acceptors (Lipinski definition) is 6. The van der Waals surface area contributed by atoms with Crippen molar-refractivity contribution in [3.63, 3.8) is 0 Å². The van der Waals surface area contributed by atoms with E-state index in [9.17, 15) is 20.0 Å². The molecule has 0 aliphatic rings. The van der Waals surface area contributed by atoms with Gasteiger partial charge in [0.2, 0.25) is 5.91 Å². The van der Waals surface area contributed by atoms with Crippen molar-refractivity contribution in [3.05, 3.63) is 87.2 Å². The Kier molecular flexibility index (Phi) is 8.15. The summed E-state index contributed by atoms with van der Waals surface area (Å²) in [4.78, 5) is 22.6. The standard InChI is InChI=1S/C25H28N4O5/c1-4-34-23-11-5-19(6-12-23)24(30)13-14-25(31)27-26-16-20-15-17(2)28(18(20)3)21-7-9-22(10-8-21)29(32)33/h5-12,15-16,24,30H,4,13-14H2,1-3H3,(H,27,31)/b26-16-/t24-/m0/s1. The van der Waals surface area contributed by atoms with Crippen molar-refractivity contribution in [3.8, 4) is 11.4 Å². The fraction of sp³-hybridized carbons (Fsp3) is 0.280. The van der Waals surface area contributed by atoms with Crippen LogP contribution in [0.3, 0.4) is 0 Å². The number of carbonyl (C=O) groups is 1. The van der Waals surface area contributed by atoms with Crippen LogP contribution in [-0.4, -0.2) is 33.3 Å². The highest BCUT2D eigenvalue weighted by molar-refractivity contribution is 5.84. The predicted octanol–water partition coefficient (Wildman–Crippen LogP) is 4.36. The molecule has 0 fully saturated rings. The third-order valence-electron chi connectivity index (χ3n) is 5.40. The number of hydrogen-bond donors (Lipinski definition) is 2. The lowest BCUT2D eigenvalue weighted by atomic mass is 10.0. The van der Waals surface area contributed by atoms with Crippen molar-refractivity contribution in [2.45, 2.75) is 39.7 Å². The zero-order chi connectivity index (χ0) is 24.7. The molecule has 0 saturated carbocycles. The number of nitro groups is 1. The zero-order valence-corrected chi connectivity index (χ0v) is 19.4. The zero-order valence-electron chi connectivity index (χ0n) is 19.4. The molecule has 3 rings (SSSR count). The van der Waals surface area contributed by atoms with E-state index in [4.69, 9.17) is 4.74 Å². The van der Waals surface area contributed by atoms with Gasteiger partial charge in [0.15, 0.2) is 0 Å². The third-order valence-corrected chi connectivity index (χ3v) is 5.40. The van der Waals surface area contributed by atoms with Crippen LogP contribution in [0.25, 0.3) is 5.69 Å². The lowest BCUT2D eigenvalue weighted by Gasteiger charge is -2.11. The number of aromatic nitrogens is 1. The molecule has 9 nitrogen and oxygen atoms in total. The number of aliphatic hydroxyl groups excluding tert-OH is 1. The van der Waals surface area contributed by atoms with Gasteiger partial charge in [-0.2, -0.15) is 5.10 Å². The molecule has 0 aliphatic heterocycles. The molecule has 0 radical (unpaired) electrons. The van der Waals surface area contributed by atoms with Crippen molar-refractivity contribution in [1.82, 2.24) is 9.99 Å². The fourth-order valence-electron chi connectivity index (χ4n) is 3.66. The number of aryl methyl sites for hydroxylation is 1. The van der Waals surface area contributed by atoms with Crippen LogP contribution < -0.4 is 10.2 Å². The average molecular weight is 465 g/mol. The summed E-state index contributed by atoms with van der Waals surface area (Å²) in [6.07, 6.45) is 1.19. The normalized spacial score (nSPS) is 12.0. The van der Waals surface area contributed by atoms with Gasteiger partial charge in [-0.05, 0) is 63.1 Å². The summed E-state index contributed by atoms with van der Waals surface area (Å²) in [5, 5.41) is 25.2. The van der Waals surface area contributed by atoms with Crippen molar-refractivity contribution >= 4 is 17.8 Å². The molecule has 1 amide bonds. The van der Waals surface area contributed by atoms with E-state index >= 15 is 0 Å². The van der Waals surface area contributed by atoms with Crippen molar-refractivity contribution in [2.75, 3.05) is 6.61 Å². The van der Waals surface area contributed by atoms with Crippen LogP contribution in [0.1, 0.15) is 48.4 Å². The van der Waals surface area contributed by atoms with Gasteiger partial charge >= 0.3 is 0 Å². The minimum atomic E-state index is -0.758. The number of carbonyl (C=O) groups excluding carboxylic acids is 1. The second kappa shape index (κ2) is 11.2. The molecular weight excluding hydrogens is 436 g/mol. The number of nitrogens with one attached hydrogen (secondary N) is 1. The molecule has 178 valence electrons. The first-order chi connectivity index (χ1) is 16.3. The van der Waals surface area contributed by atoms with Crippen molar-refractivity contribution in [2.24, 2.45) is 5.10 Å². The number of benzene rings is 2. The topological polar surface area (TPSA) is 119 Å². The van der Waals surface area contributed by atoms with E-state index in [0.29, 0.717) is 6.61 Å². The van der Waals surface area contributed by atoms with Crippen LogP contribution in [0.2, 0.25) is 0 Å². The molecule has 3 aromatic rings. The van der Waals surface area contributed by atoms with Crippen LogP contribution >= 0.6 is 0 Å². The highest BCUT2D eigenvalue weighted by atomic mass is 16.6. The molecular formula is C25H28N4O5. The van der Waals surface area contributed by atoms with Gasteiger partial charge in [0.05, 0.1) is 23.8 Å². The van der Waals surface area contributed by atoms with Gasteiger partial charge in [-0.15, -0.1) is 0 Å². The number of nitro benzene ring substituents is 1. The Labute approximate surface area is 197 Å². The van der Waals surface area contributed by atoms with Gasteiger partial charge in [-0.25, -0.2) is 5.43 Å². The number of ether oxygens (including phenoxy) is 1. The molecule has 1 heterocycles. The highest BCUT2D eigenvalue weighted by Gasteiger charge is 2.13. The second-order valence-corrected chi connectivity index (χ2v) is 7.79. The lowest BCUT2D eigenvalue weighted by molar-refractivity contribution is -0.384. The monoisotopic (exact) mass is 464 g/mol. The van der Waals surface area contributed by atoms with Crippen LogP contribution in [0.5, 0.6) is 5.75 Å². The smallest absolute Gasteiger partial charge is 0.269 e. The molecule has 2 N–H and O–H groups in total. The number of nitrogens with zero attached hydrogens (tertiary/aromatic N) is 3. The Hall–Kier alpha value is -3.98. The average Bonchev–Trinajstić information content (AvgIpc) is 3.11. The van der Waals surface area contributed by atoms with Crippen molar-refractivity contribution in [1.29, 1.82) is 0 Å². The van der Waals surface area contributed by atoms with Crippen molar-refractivity contribution < 1.29 is 19.6 Å². The maximum absolute atomic E-state index is 12.2. The molecule has 0 spiro atoms. The van der Waals surface area contributed by atoms with E-state index < -0.39 is 11.0 Å². The van der Waals surface area contributed by atoms with Gasteiger partial charge in [0, 0.05) is 41.2 Å². The Morgan fingerprint density at radius 1 is 1.21 bits per heavy atom. The summed E-state index contributed by atoms with van der Waals surface area (Å²) in [5.74, 6) is 0.434. The van der Waals surface area contributed by atoms with Gasteiger partial charge < -0.3 is 14.4 Å². The maximum Gasteiger partial charge on any atom is 0.269 e. The van der Waals surface area contributed by atoms with Crippen LogP contribution in [0.15, 0.2) is 59.7 Å². The first-order valence-electron chi connectivity index (χ1n) is 11.0. The summed E-state index contributed by atoms with van der Waals surface area (Å²) in [7, 11) is 0. The van der Waals surface area contributed by atoms with E-state index in [1.807, 2.05) is 31.4 Å². The SMILES string of the molecule is CCOc1ccc([C@@H](O)CCC(=O)N/N=C\c2cc(C)n(-c3ccc([N+](=O)[O-])cc3)c2C)cc1. The van der Waals surface area contributed by atoms with Crippen LogP contribution in [-0.2, 0) is 4.79 Å². The molecule has 34 heavy (non-hydrogen) atoms. The molecule has 9 heteroatoms. The Bertz CT molecular complexity index is 1170. The molecule has 2 aromatic carbocycles. The minimum absolute atomic E-state index is 0.0309. The van der Waals surface area contributed by atoms with E-state index in [0.717, 1.165) is 34.0 Å². The van der Waals surface area contributed by atoms with Gasteiger partial charge in [-0.1, -0.05) is 12.1 Å². The Morgan fingerprint density at radius 2 is 1.88 bits per heavy atom. The molecule has 1 aromatic heterocycles. The summed E-state index contributed by atoms with van der Waals surface area (Å²) >= 11 is 0. The number of hydrazone groups is 1. The summed E-state index contributed by atoms with van der Waals surface area (Å²) in [6.45, 7) is 6.31. The minimum Gasteiger partial charge on any atom is -0.494 e. The quantitative estimate of drug-likeness (QED) is 0.262. The summed E-state index contributed by atoms with van der Waals surface area (Å²) < 4.78 is 7.35. The first kappa shape index (κ1) is 24.7. The molecule has 0 aliphatic carbocycles. The third kappa shape index (κ3) is 6.08. The number of amides is 1. The predicted molar refractivity (Wildman–Crippen MR) is 129 cm³/mol.